The van der Waals surface area contributed by atoms with Crippen molar-refractivity contribution >= 4 is 11.7 Å². The molecule has 9 heteroatoms. The van der Waals surface area contributed by atoms with Crippen LogP contribution in [0.5, 0.6) is 0 Å². The van der Waals surface area contributed by atoms with Crippen LogP contribution >= 0.6 is 0 Å². The van der Waals surface area contributed by atoms with E-state index in [-0.39, 0.29) is 22.9 Å². The fourth-order valence-corrected chi connectivity index (χ4v) is 1.76. The molecule has 0 bridgehead atoms. The molecule has 0 fully saturated rings. The second-order valence-corrected chi connectivity index (χ2v) is 3.94. The van der Waals surface area contributed by atoms with E-state index in [1.807, 2.05) is 0 Å². The third-order valence-corrected chi connectivity index (χ3v) is 2.69. The van der Waals surface area contributed by atoms with Crippen molar-refractivity contribution < 1.29 is 14.5 Å². The Labute approximate surface area is 113 Å². The van der Waals surface area contributed by atoms with Gasteiger partial charge in [-0.05, 0) is 13.8 Å². The van der Waals surface area contributed by atoms with Gasteiger partial charge in [0.2, 0.25) is 0 Å². The van der Waals surface area contributed by atoms with Gasteiger partial charge in [-0.3, -0.25) is 10.1 Å². The largest absolute Gasteiger partial charge is 0.464 e. The first kappa shape index (κ1) is 13.6. The number of aryl methyl sites for hydroxylation is 1. The summed E-state index contributed by atoms with van der Waals surface area (Å²) in [5, 5.41) is 15.0. The number of aromatic nitrogens is 4. The molecule has 0 spiro atoms. The highest BCUT2D eigenvalue weighted by molar-refractivity contribution is 5.86. The highest BCUT2D eigenvalue weighted by Gasteiger charge is 2.23. The maximum atomic E-state index is 11.2. The maximum absolute atomic E-state index is 11.2. The first-order chi connectivity index (χ1) is 9.45. The molecular weight excluding hydrogens is 266 g/mol. The third kappa shape index (κ3) is 2.20. The van der Waals surface area contributed by atoms with E-state index in [4.69, 9.17) is 0 Å². The quantitative estimate of drug-likeness (QED) is 0.466. The molecule has 0 aliphatic heterocycles. The number of methoxy groups -OCH3 is 1. The highest BCUT2D eigenvalue weighted by Crippen LogP contribution is 2.23. The Bertz CT molecular complexity index is 677. The molecule has 0 unspecified atom stereocenters. The summed E-state index contributed by atoms with van der Waals surface area (Å²) in [6, 6.07) is 0. The Kier molecular flexibility index (Phi) is 3.42. The van der Waals surface area contributed by atoms with Crippen LogP contribution in [0, 0.1) is 24.0 Å². The van der Waals surface area contributed by atoms with Gasteiger partial charge in [-0.25, -0.2) is 19.4 Å². The summed E-state index contributed by atoms with van der Waals surface area (Å²) >= 11 is 0. The minimum absolute atomic E-state index is 0.0484. The molecule has 2 aromatic heterocycles. The Morgan fingerprint density at radius 3 is 2.50 bits per heavy atom. The number of rotatable bonds is 3. The molecule has 2 aromatic rings. The molecule has 0 N–H and O–H groups in total. The van der Waals surface area contributed by atoms with E-state index >= 15 is 0 Å². The van der Waals surface area contributed by atoms with Gasteiger partial charge in [0.1, 0.15) is 11.4 Å². The molecule has 9 nitrogen and oxygen atoms in total. The van der Waals surface area contributed by atoms with Gasteiger partial charge in [0.25, 0.3) is 0 Å². The maximum Gasteiger partial charge on any atom is 0.358 e. The standard InChI is InChI=1S/C11H11N5O4/c1-6-10(16(18)19)7(2)15(14-6)9-5-12-8(4-13-9)11(17)20-3/h4-5H,1-3H3. The zero-order valence-corrected chi connectivity index (χ0v) is 11.0. The zero-order chi connectivity index (χ0) is 14.9. The van der Waals surface area contributed by atoms with Crippen LogP contribution in [0.15, 0.2) is 12.4 Å². The topological polar surface area (TPSA) is 113 Å². The molecule has 0 amide bonds. The number of carbonyl (C=O) groups excluding carboxylic acids is 1. The van der Waals surface area contributed by atoms with Crippen molar-refractivity contribution in [2.24, 2.45) is 0 Å². The first-order valence-electron chi connectivity index (χ1n) is 5.57. The predicted molar refractivity (Wildman–Crippen MR) is 66.6 cm³/mol. The van der Waals surface area contributed by atoms with Gasteiger partial charge < -0.3 is 4.74 Å². The number of nitro groups is 1. The van der Waals surface area contributed by atoms with Gasteiger partial charge in [-0.2, -0.15) is 5.10 Å². The third-order valence-electron chi connectivity index (χ3n) is 2.69. The summed E-state index contributed by atoms with van der Waals surface area (Å²) in [6.45, 7) is 3.10. The van der Waals surface area contributed by atoms with Gasteiger partial charge in [-0.1, -0.05) is 0 Å². The first-order valence-corrected chi connectivity index (χ1v) is 5.57. The van der Waals surface area contributed by atoms with Crippen molar-refractivity contribution in [2.45, 2.75) is 13.8 Å². The smallest absolute Gasteiger partial charge is 0.358 e. The normalized spacial score (nSPS) is 10.3. The number of ether oxygens (including phenoxy) is 1. The molecule has 0 saturated heterocycles. The van der Waals surface area contributed by atoms with Crippen LogP contribution in [-0.4, -0.2) is 37.8 Å². The average molecular weight is 277 g/mol. The molecule has 0 aliphatic carbocycles. The molecule has 0 aromatic carbocycles. The van der Waals surface area contributed by atoms with Crippen molar-refractivity contribution in [3.63, 3.8) is 0 Å². The van der Waals surface area contributed by atoms with Crippen LogP contribution in [0.4, 0.5) is 5.69 Å². The van der Waals surface area contributed by atoms with E-state index in [0.717, 1.165) is 0 Å². The number of esters is 1. The fourth-order valence-electron chi connectivity index (χ4n) is 1.76. The monoisotopic (exact) mass is 277 g/mol. The minimum atomic E-state index is -0.608. The van der Waals surface area contributed by atoms with E-state index < -0.39 is 10.9 Å². The fraction of sp³-hybridized carbons (Fsp3) is 0.273. The molecule has 2 heterocycles. The second-order valence-electron chi connectivity index (χ2n) is 3.94. The van der Waals surface area contributed by atoms with Gasteiger partial charge >= 0.3 is 11.7 Å². The predicted octanol–water partition coefficient (Wildman–Crippen LogP) is 0.974. The molecule has 0 atom stereocenters. The van der Waals surface area contributed by atoms with Gasteiger partial charge in [0.15, 0.2) is 11.5 Å². The molecule has 0 aliphatic rings. The summed E-state index contributed by atoms with van der Waals surface area (Å²) in [6.07, 6.45) is 2.53. The van der Waals surface area contributed by atoms with Crippen LogP contribution in [-0.2, 0) is 4.74 Å². The van der Waals surface area contributed by atoms with Gasteiger partial charge in [-0.15, -0.1) is 0 Å². The van der Waals surface area contributed by atoms with E-state index in [0.29, 0.717) is 5.69 Å². The Morgan fingerprint density at radius 2 is 2.05 bits per heavy atom. The summed E-state index contributed by atoms with van der Waals surface area (Å²) in [5.41, 5.74) is 0.607. The molecule has 20 heavy (non-hydrogen) atoms. The van der Waals surface area contributed by atoms with E-state index in [1.165, 1.54) is 31.1 Å². The van der Waals surface area contributed by atoms with Crippen molar-refractivity contribution in [3.8, 4) is 5.82 Å². The Morgan fingerprint density at radius 1 is 1.35 bits per heavy atom. The lowest BCUT2D eigenvalue weighted by atomic mass is 10.3. The van der Waals surface area contributed by atoms with Crippen LogP contribution in [0.3, 0.4) is 0 Å². The molecule has 0 radical (unpaired) electrons. The van der Waals surface area contributed by atoms with Crippen molar-refractivity contribution in [1.82, 2.24) is 19.7 Å². The zero-order valence-electron chi connectivity index (χ0n) is 11.0. The molecule has 104 valence electrons. The second kappa shape index (κ2) is 5.03. The van der Waals surface area contributed by atoms with Crippen LogP contribution < -0.4 is 0 Å². The summed E-state index contributed by atoms with van der Waals surface area (Å²) in [7, 11) is 1.24. The lowest BCUT2D eigenvalue weighted by molar-refractivity contribution is -0.386. The van der Waals surface area contributed by atoms with E-state index in [1.54, 1.807) is 6.92 Å². The van der Waals surface area contributed by atoms with Crippen LogP contribution in [0.2, 0.25) is 0 Å². The van der Waals surface area contributed by atoms with Crippen LogP contribution in [0.25, 0.3) is 5.82 Å². The van der Waals surface area contributed by atoms with Crippen molar-refractivity contribution in [1.29, 1.82) is 0 Å². The lowest BCUT2D eigenvalue weighted by Crippen LogP contribution is -2.08. The summed E-state index contributed by atoms with van der Waals surface area (Å²) < 4.78 is 5.81. The highest BCUT2D eigenvalue weighted by atomic mass is 16.6. The lowest BCUT2D eigenvalue weighted by Gasteiger charge is -2.02. The van der Waals surface area contributed by atoms with Gasteiger partial charge in [0, 0.05) is 0 Å². The van der Waals surface area contributed by atoms with Crippen LogP contribution in [0.1, 0.15) is 21.9 Å². The number of nitrogens with zero attached hydrogens (tertiary/aromatic N) is 5. The molecule has 0 saturated carbocycles. The SMILES string of the molecule is COC(=O)c1cnc(-n2nc(C)c([N+](=O)[O-])c2C)cn1. The van der Waals surface area contributed by atoms with Crippen molar-refractivity contribution in [2.75, 3.05) is 7.11 Å². The van der Waals surface area contributed by atoms with E-state index in [2.05, 4.69) is 19.8 Å². The molecule has 2 rings (SSSR count). The summed E-state index contributed by atoms with van der Waals surface area (Å²) in [4.78, 5) is 29.6. The average Bonchev–Trinajstić information content (AvgIpc) is 2.73. The van der Waals surface area contributed by atoms with E-state index in [9.17, 15) is 14.9 Å². The van der Waals surface area contributed by atoms with Crippen molar-refractivity contribution in [3.05, 3.63) is 39.6 Å². The molecular formula is C11H11N5O4. The number of carbonyl (C=O) groups is 1. The number of hydrogen-bond donors (Lipinski definition) is 0. The minimum Gasteiger partial charge on any atom is -0.464 e. The number of hydrogen-bond acceptors (Lipinski definition) is 7. The summed E-state index contributed by atoms with van der Waals surface area (Å²) in [5.74, 6) is -0.324. The van der Waals surface area contributed by atoms with Gasteiger partial charge in [0.05, 0.1) is 24.4 Å². The Hall–Kier alpha value is -2.84. The Balaban J connectivity index is 2.45.